The van der Waals surface area contributed by atoms with Gasteiger partial charge in [0.05, 0.1) is 11.5 Å². The van der Waals surface area contributed by atoms with Gasteiger partial charge in [0, 0.05) is 18.7 Å². The van der Waals surface area contributed by atoms with E-state index in [9.17, 15) is 13.2 Å². The standard InChI is InChI=1S/C20H26N2O4S/c1-5-26-13-17-9-7-6-8-16(17)12-22-20(23)18-10-14(2)15(3)19(11-18)27(24,25)21-4/h6-11,21H,5,12-13H2,1-4H3,(H,22,23). The average molecular weight is 391 g/mol. The topological polar surface area (TPSA) is 84.5 Å². The number of carbonyl (C=O) groups excluding carboxylic acids is 1. The number of aryl methyl sites for hydroxylation is 1. The van der Waals surface area contributed by atoms with Crippen molar-refractivity contribution in [2.24, 2.45) is 0 Å². The molecule has 0 aliphatic rings. The first-order valence-electron chi connectivity index (χ1n) is 8.77. The van der Waals surface area contributed by atoms with E-state index in [4.69, 9.17) is 4.74 Å². The maximum atomic E-state index is 12.6. The van der Waals surface area contributed by atoms with Gasteiger partial charge in [0.15, 0.2) is 0 Å². The number of benzene rings is 2. The lowest BCUT2D eigenvalue weighted by molar-refractivity contribution is 0.0949. The van der Waals surface area contributed by atoms with E-state index < -0.39 is 10.0 Å². The molecule has 0 aliphatic carbocycles. The molecule has 2 aromatic rings. The molecule has 2 N–H and O–H groups in total. The molecule has 0 saturated carbocycles. The van der Waals surface area contributed by atoms with Crippen LogP contribution in [-0.2, 0) is 27.9 Å². The third kappa shape index (κ3) is 5.15. The summed E-state index contributed by atoms with van der Waals surface area (Å²) in [6.45, 7) is 6.89. The van der Waals surface area contributed by atoms with Crippen LogP contribution in [0.1, 0.15) is 39.5 Å². The van der Waals surface area contributed by atoms with E-state index >= 15 is 0 Å². The van der Waals surface area contributed by atoms with Crippen LogP contribution in [0.5, 0.6) is 0 Å². The highest BCUT2D eigenvalue weighted by atomic mass is 32.2. The van der Waals surface area contributed by atoms with E-state index in [1.165, 1.54) is 13.1 Å². The zero-order chi connectivity index (χ0) is 20.0. The van der Waals surface area contributed by atoms with Crippen molar-refractivity contribution in [3.8, 4) is 0 Å². The van der Waals surface area contributed by atoms with E-state index in [-0.39, 0.29) is 10.8 Å². The zero-order valence-corrected chi connectivity index (χ0v) is 16.9. The van der Waals surface area contributed by atoms with Crippen LogP contribution in [0.4, 0.5) is 0 Å². The van der Waals surface area contributed by atoms with Gasteiger partial charge in [0.1, 0.15) is 0 Å². The van der Waals surface area contributed by atoms with Crippen molar-refractivity contribution in [2.45, 2.75) is 38.8 Å². The summed E-state index contributed by atoms with van der Waals surface area (Å²) in [6.07, 6.45) is 0. The quantitative estimate of drug-likeness (QED) is 0.726. The largest absolute Gasteiger partial charge is 0.377 e. The molecule has 0 radical (unpaired) electrons. The highest BCUT2D eigenvalue weighted by Crippen LogP contribution is 2.21. The lowest BCUT2D eigenvalue weighted by Gasteiger charge is -2.14. The fourth-order valence-electron chi connectivity index (χ4n) is 2.71. The minimum atomic E-state index is -3.64. The second kappa shape index (κ2) is 9.12. The van der Waals surface area contributed by atoms with Crippen LogP contribution in [0.2, 0.25) is 0 Å². The Kier molecular flexibility index (Phi) is 7.12. The van der Waals surface area contributed by atoms with Crippen molar-refractivity contribution in [1.82, 2.24) is 10.0 Å². The molecular formula is C20H26N2O4S. The molecule has 0 aromatic heterocycles. The molecule has 1 amide bonds. The van der Waals surface area contributed by atoms with Crippen molar-refractivity contribution in [1.29, 1.82) is 0 Å². The van der Waals surface area contributed by atoms with Crippen LogP contribution in [0.3, 0.4) is 0 Å². The normalized spacial score (nSPS) is 11.4. The van der Waals surface area contributed by atoms with E-state index in [1.54, 1.807) is 19.9 Å². The maximum Gasteiger partial charge on any atom is 0.251 e. The maximum absolute atomic E-state index is 12.6. The van der Waals surface area contributed by atoms with Crippen molar-refractivity contribution >= 4 is 15.9 Å². The molecule has 0 heterocycles. The van der Waals surface area contributed by atoms with Gasteiger partial charge in [-0.1, -0.05) is 24.3 Å². The van der Waals surface area contributed by atoms with Crippen molar-refractivity contribution < 1.29 is 17.9 Å². The number of hydrogen-bond donors (Lipinski definition) is 2. The highest BCUT2D eigenvalue weighted by molar-refractivity contribution is 7.89. The van der Waals surface area contributed by atoms with Crippen LogP contribution in [0.15, 0.2) is 41.3 Å². The van der Waals surface area contributed by atoms with Gasteiger partial charge in [0.25, 0.3) is 5.91 Å². The summed E-state index contributed by atoms with van der Waals surface area (Å²) in [5.74, 6) is -0.322. The Morgan fingerprint density at radius 2 is 1.78 bits per heavy atom. The van der Waals surface area contributed by atoms with Gasteiger partial charge in [0.2, 0.25) is 10.0 Å². The molecule has 2 aromatic carbocycles. The van der Waals surface area contributed by atoms with Crippen LogP contribution in [0, 0.1) is 13.8 Å². The molecule has 0 spiro atoms. The molecule has 0 aliphatic heterocycles. The Bertz CT molecular complexity index is 924. The first kappa shape index (κ1) is 21.1. The first-order valence-corrected chi connectivity index (χ1v) is 10.3. The van der Waals surface area contributed by atoms with E-state index in [0.29, 0.717) is 30.9 Å². The average Bonchev–Trinajstić information content (AvgIpc) is 2.66. The second-order valence-electron chi connectivity index (χ2n) is 6.21. The molecular weight excluding hydrogens is 364 g/mol. The summed E-state index contributed by atoms with van der Waals surface area (Å²) >= 11 is 0. The minimum Gasteiger partial charge on any atom is -0.377 e. The van der Waals surface area contributed by atoms with E-state index in [1.807, 2.05) is 31.2 Å². The lowest BCUT2D eigenvalue weighted by atomic mass is 10.0. The summed E-state index contributed by atoms with van der Waals surface area (Å²) in [5, 5.41) is 2.87. The molecule has 6 nitrogen and oxygen atoms in total. The molecule has 7 heteroatoms. The number of hydrogen-bond acceptors (Lipinski definition) is 4. The summed E-state index contributed by atoms with van der Waals surface area (Å²) in [7, 11) is -2.28. The third-order valence-electron chi connectivity index (χ3n) is 4.46. The van der Waals surface area contributed by atoms with Crippen molar-refractivity contribution in [3.05, 3.63) is 64.2 Å². The van der Waals surface area contributed by atoms with Gasteiger partial charge in [-0.15, -0.1) is 0 Å². The number of rotatable bonds is 8. The molecule has 0 fully saturated rings. The lowest BCUT2D eigenvalue weighted by Crippen LogP contribution is -2.25. The summed E-state index contributed by atoms with van der Waals surface area (Å²) in [6, 6.07) is 10.8. The Labute approximate surface area is 161 Å². The zero-order valence-electron chi connectivity index (χ0n) is 16.1. The Balaban J connectivity index is 2.23. The predicted octanol–water partition coefficient (Wildman–Crippen LogP) is 2.68. The molecule has 0 saturated heterocycles. The fraction of sp³-hybridized carbons (Fsp3) is 0.350. The van der Waals surface area contributed by atoms with Gasteiger partial charge in [-0.3, -0.25) is 4.79 Å². The number of carbonyl (C=O) groups is 1. The third-order valence-corrected chi connectivity index (χ3v) is 6.00. The second-order valence-corrected chi connectivity index (χ2v) is 8.07. The Hall–Kier alpha value is -2.22. The number of nitrogens with one attached hydrogen (secondary N) is 2. The Morgan fingerprint density at radius 1 is 1.11 bits per heavy atom. The first-order chi connectivity index (χ1) is 12.8. The predicted molar refractivity (Wildman–Crippen MR) is 105 cm³/mol. The van der Waals surface area contributed by atoms with Gasteiger partial charge in [-0.05, 0) is 62.2 Å². The Morgan fingerprint density at radius 3 is 2.41 bits per heavy atom. The van der Waals surface area contributed by atoms with Crippen LogP contribution in [-0.4, -0.2) is 28.0 Å². The van der Waals surface area contributed by atoms with Gasteiger partial charge >= 0.3 is 0 Å². The summed E-state index contributed by atoms with van der Waals surface area (Å²) in [4.78, 5) is 12.7. The van der Waals surface area contributed by atoms with E-state index in [2.05, 4.69) is 10.0 Å². The van der Waals surface area contributed by atoms with Gasteiger partial charge in [-0.2, -0.15) is 0 Å². The number of sulfonamides is 1. The molecule has 146 valence electrons. The molecule has 27 heavy (non-hydrogen) atoms. The van der Waals surface area contributed by atoms with Gasteiger partial charge < -0.3 is 10.1 Å². The minimum absolute atomic E-state index is 0.117. The smallest absolute Gasteiger partial charge is 0.251 e. The molecule has 0 atom stereocenters. The summed E-state index contributed by atoms with van der Waals surface area (Å²) in [5.41, 5.74) is 3.66. The molecule has 2 rings (SSSR count). The monoisotopic (exact) mass is 390 g/mol. The SMILES string of the molecule is CCOCc1ccccc1CNC(=O)c1cc(C)c(C)c(S(=O)(=O)NC)c1. The molecule has 0 unspecified atom stereocenters. The molecule has 0 bridgehead atoms. The van der Waals surface area contributed by atoms with Crippen LogP contribution >= 0.6 is 0 Å². The van der Waals surface area contributed by atoms with Crippen LogP contribution in [0.25, 0.3) is 0 Å². The highest BCUT2D eigenvalue weighted by Gasteiger charge is 2.19. The number of amides is 1. The van der Waals surface area contributed by atoms with Gasteiger partial charge in [-0.25, -0.2) is 13.1 Å². The van der Waals surface area contributed by atoms with Crippen LogP contribution < -0.4 is 10.0 Å². The summed E-state index contributed by atoms with van der Waals surface area (Å²) < 4.78 is 32.2. The van der Waals surface area contributed by atoms with Crippen molar-refractivity contribution in [2.75, 3.05) is 13.7 Å². The fourth-order valence-corrected chi connectivity index (χ4v) is 3.77. The van der Waals surface area contributed by atoms with E-state index in [0.717, 1.165) is 16.7 Å². The van der Waals surface area contributed by atoms with Crippen molar-refractivity contribution in [3.63, 3.8) is 0 Å². The number of ether oxygens (including phenoxy) is 1.